The molecule has 1 fully saturated rings. The molecule has 7 nitrogen and oxygen atoms in total. The number of hydrogen-bond donors (Lipinski definition) is 1. The molecule has 3 rings (SSSR count). The van der Waals surface area contributed by atoms with E-state index in [4.69, 9.17) is 0 Å². The molecule has 2 aromatic rings. The molecule has 2 aromatic heterocycles. The molecule has 0 radical (unpaired) electrons. The molecule has 8 heteroatoms. The third-order valence-electron chi connectivity index (χ3n) is 2.71. The van der Waals surface area contributed by atoms with E-state index >= 15 is 0 Å². The van der Waals surface area contributed by atoms with E-state index in [0.717, 1.165) is 4.60 Å². The van der Waals surface area contributed by atoms with Crippen molar-refractivity contribution in [3.05, 3.63) is 23.1 Å². The van der Waals surface area contributed by atoms with Gasteiger partial charge in [0, 0.05) is 19.0 Å². The molecule has 18 heavy (non-hydrogen) atoms. The highest BCUT2D eigenvalue weighted by Crippen LogP contribution is 2.23. The van der Waals surface area contributed by atoms with E-state index in [2.05, 4.69) is 31.4 Å². The van der Waals surface area contributed by atoms with Crippen LogP contribution in [0.3, 0.4) is 0 Å². The number of carbonyl (C=O) groups excluding carboxylic acids is 2. The van der Waals surface area contributed by atoms with Gasteiger partial charge in [-0.2, -0.15) is 0 Å². The SMILES string of the molecule is O=C1CCN(c2cc(Br)n3cnnc3c2)C(=O)N1. The number of amides is 3. The van der Waals surface area contributed by atoms with Crippen molar-refractivity contribution in [2.24, 2.45) is 0 Å². The van der Waals surface area contributed by atoms with Crippen molar-refractivity contribution in [2.45, 2.75) is 6.42 Å². The van der Waals surface area contributed by atoms with Gasteiger partial charge >= 0.3 is 6.03 Å². The molecule has 1 saturated heterocycles. The van der Waals surface area contributed by atoms with Crippen molar-refractivity contribution in [3.8, 4) is 0 Å². The number of anilines is 1. The predicted octanol–water partition coefficient (Wildman–Crippen LogP) is 0.938. The summed E-state index contributed by atoms with van der Waals surface area (Å²) in [6.07, 6.45) is 1.87. The molecule has 92 valence electrons. The number of nitrogens with zero attached hydrogens (tertiary/aromatic N) is 4. The number of hydrogen-bond acceptors (Lipinski definition) is 4. The molecule has 3 heterocycles. The number of pyridine rings is 1. The van der Waals surface area contributed by atoms with E-state index in [0.29, 0.717) is 24.3 Å². The molecule has 0 aromatic carbocycles. The normalized spacial score (nSPS) is 16.2. The summed E-state index contributed by atoms with van der Waals surface area (Å²) in [6, 6.07) is 3.11. The predicted molar refractivity (Wildman–Crippen MR) is 66.2 cm³/mol. The number of halogens is 1. The van der Waals surface area contributed by atoms with Gasteiger partial charge in [0.1, 0.15) is 6.33 Å². The van der Waals surface area contributed by atoms with Gasteiger partial charge in [-0.3, -0.25) is 19.4 Å². The number of rotatable bonds is 1. The molecule has 1 aliphatic rings. The lowest BCUT2D eigenvalue weighted by atomic mass is 10.2. The molecule has 0 unspecified atom stereocenters. The Morgan fingerprint density at radius 3 is 2.94 bits per heavy atom. The Kier molecular flexibility index (Phi) is 2.51. The summed E-state index contributed by atoms with van der Waals surface area (Å²) in [6.45, 7) is 0.363. The summed E-state index contributed by atoms with van der Waals surface area (Å²) in [5.74, 6) is -0.251. The molecular weight excluding hydrogens is 302 g/mol. The Balaban J connectivity index is 2.03. The summed E-state index contributed by atoms with van der Waals surface area (Å²) in [4.78, 5) is 24.3. The first-order valence-corrected chi connectivity index (χ1v) is 6.05. The summed E-state index contributed by atoms with van der Waals surface area (Å²) in [7, 11) is 0. The van der Waals surface area contributed by atoms with Crippen LogP contribution in [-0.4, -0.2) is 33.1 Å². The van der Waals surface area contributed by atoms with Crippen LogP contribution in [-0.2, 0) is 4.79 Å². The minimum absolute atomic E-state index is 0.251. The highest BCUT2D eigenvalue weighted by molar-refractivity contribution is 9.10. The second-order valence-electron chi connectivity index (χ2n) is 3.85. The van der Waals surface area contributed by atoms with Crippen molar-refractivity contribution >= 4 is 39.2 Å². The number of nitrogens with one attached hydrogen (secondary N) is 1. The van der Waals surface area contributed by atoms with Crippen LogP contribution in [0.2, 0.25) is 0 Å². The molecular formula is C10H8BrN5O2. The summed E-state index contributed by atoms with van der Waals surface area (Å²) in [5, 5.41) is 10.0. The van der Waals surface area contributed by atoms with E-state index in [9.17, 15) is 9.59 Å². The van der Waals surface area contributed by atoms with E-state index < -0.39 is 6.03 Å². The molecule has 0 bridgehead atoms. The van der Waals surface area contributed by atoms with Gasteiger partial charge in [0.05, 0.1) is 10.3 Å². The Morgan fingerprint density at radius 2 is 2.17 bits per heavy atom. The molecule has 3 amide bonds. The molecule has 0 atom stereocenters. The van der Waals surface area contributed by atoms with Crippen LogP contribution in [0.15, 0.2) is 23.1 Å². The fourth-order valence-electron chi connectivity index (χ4n) is 1.84. The van der Waals surface area contributed by atoms with E-state index in [1.165, 1.54) is 4.90 Å². The third-order valence-corrected chi connectivity index (χ3v) is 3.32. The number of imide groups is 1. The quantitative estimate of drug-likeness (QED) is 0.795. The van der Waals surface area contributed by atoms with Gasteiger partial charge in [-0.05, 0) is 22.0 Å². The Morgan fingerprint density at radius 1 is 1.33 bits per heavy atom. The van der Waals surface area contributed by atoms with Crippen molar-refractivity contribution in [1.82, 2.24) is 19.9 Å². The van der Waals surface area contributed by atoms with E-state index in [1.807, 2.05) is 0 Å². The zero-order chi connectivity index (χ0) is 12.7. The van der Waals surface area contributed by atoms with E-state index in [1.54, 1.807) is 22.9 Å². The lowest BCUT2D eigenvalue weighted by molar-refractivity contribution is -0.120. The fourth-order valence-corrected chi connectivity index (χ4v) is 2.35. The maximum atomic E-state index is 11.7. The molecule has 0 spiro atoms. The first kappa shape index (κ1) is 11.1. The largest absolute Gasteiger partial charge is 0.328 e. The van der Waals surface area contributed by atoms with Crippen molar-refractivity contribution in [1.29, 1.82) is 0 Å². The van der Waals surface area contributed by atoms with Gasteiger partial charge in [-0.15, -0.1) is 10.2 Å². The lowest BCUT2D eigenvalue weighted by Crippen LogP contribution is -2.49. The first-order chi connectivity index (χ1) is 8.65. The van der Waals surface area contributed by atoms with Crippen molar-refractivity contribution in [2.75, 3.05) is 11.4 Å². The topological polar surface area (TPSA) is 79.6 Å². The molecule has 1 aliphatic heterocycles. The van der Waals surface area contributed by atoms with Crippen LogP contribution in [0, 0.1) is 0 Å². The molecule has 1 N–H and O–H groups in total. The van der Waals surface area contributed by atoms with Crippen LogP contribution in [0.5, 0.6) is 0 Å². The standard InChI is InChI=1S/C10H8BrN5O2/c11-7-3-6(4-8-14-12-5-16(7)8)15-2-1-9(17)13-10(15)18/h3-5H,1-2H2,(H,13,17,18). The summed E-state index contributed by atoms with van der Waals surface area (Å²) >= 11 is 3.38. The Bertz CT molecular complexity index is 653. The Hall–Kier alpha value is -1.96. The summed E-state index contributed by atoms with van der Waals surface area (Å²) in [5.41, 5.74) is 1.30. The van der Waals surface area contributed by atoms with Gasteiger partial charge in [0.15, 0.2) is 5.65 Å². The minimum Gasteiger partial charge on any atom is -0.293 e. The first-order valence-electron chi connectivity index (χ1n) is 5.26. The highest BCUT2D eigenvalue weighted by Gasteiger charge is 2.24. The van der Waals surface area contributed by atoms with Gasteiger partial charge in [0.2, 0.25) is 5.91 Å². The van der Waals surface area contributed by atoms with Crippen LogP contribution >= 0.6 is 15.9 Å². The fraction of sp³-hybridized carbons (Fsp3) is 0.200. The summed E-state index contributed by atoms with van der Waals surface area (Å²) < 4.78 is 2.49. The van der Waals surface area contributed by atoms with Crippen molar-refractivity contribution < 1.29 is 9.59 Å². The highest BCUT2D eigenvalue weighted by atomic mass is 79.9. The van der Waals surface area contributed by atoms with Gasteiger partial charge in [-0.1, -0.05) is 0 Å². The van der Waals surface area contributed by atoms with Crippen LogP contribution in [0.25, 0.3) is 5.65 Å². The number of carbonyl (C=O) groups is 2. The van der Waals surface area contributed by atoms with Gasteiger partial charge in [0.25, 0.3) is 0 Å². The number of aromatic nitrogens is 3. The second-order valence-corrected chi connectivity index (χ2v) is 4.66. The average molecular weight is 310 g/mol. The third kappa shape index (κ3) is 1.74. The van der Waals surface area contributed by atoms with Crippen LogP contribution < -0.4 is 10.2 Å². The van der Waals surface area contributed by atoms with Crippen LogP contribution in [0.1, 0.15) is 6.42 Å². The smallest absolute Gasteiger partial charge is 0.293 e. The zero-order valence-corrected chi connectivity index (χ0v) is 10.7. The van der Waals surface area contributed by atoms with E-state index in [-0.39, 0.29) is 5.91 Å². The maximum Gasteiger partial charge on any atom is 0.328 e. The van der Waals surface area contributed by atoms with Gasteiger partial charge < -0.3 is 0 Å². The maximum absolute atomic E-state index is 11.7. The molecule has 0 saturated carbocycles. The molecule has 0 aliphatic carbocycles. The second kappa shape index (κ2) is 4.05. The Labute approximate surface area is 110 Å². The van der Waals surface area contributed by atoms with Gasteiger partial charge in [-0.25, -0.2) is 4.79 Å². The number of fused-ring (bicyclic) bond motifs is 1. The monoisotopic (exact) mass is 309 g/mol. The van der Waals surface area contributed by atoms with Crippen LogP contribution in [0.4, 0.5) is 10.5 Å². The zero-order valence-electron chi connectivity index (χ0n) is 9.13. The average Bonchev–Trinajstić information content (AvgIpc) is 2.77. The lowest BCUT2D eigenvalue weighted by Gasteiger charge is -2.26. The minimum atomic E-state index is -0.415. The van der Waals surface area contributed by atoms with Crippen molar-refractivity contribution in [3.63, 3.8) is 0 Å². The number of urea groups is 1.